The van der Waals surface area contributed by atoms with Crippen molar-refractivity contribution >= 4 is 33.2 Å². The molecule has 1 saturated carbocycles. The van der Waals surface area contributed by atoms with E-state index in [4.69, 9.17) is 30.2 Å². The summed E-state index contributed by atoms with van der Waals surface area (Å²) in [6.07, 6.45) is 5.57. The van der Waals surface area contributed by atoms with Crippen molar-refractivity contribution in [2.45, 2.75) is 76.6 Å². The highest BCUT2D eigenvalue weighted by molar-refractivity contribution is 6.04. The Balaban J connectivity index is 1.19. The molecule has 4 atom stereocenters. The molecule has 4 aromatic rings. The number of likely N-dealkylation sites (tertiary alicyclic amines) is 1. The second-order valence-corrected chi connectivity index (χ2v) is 14.7. The van der Waals surface area contributed by atoms with Gasteiger partial charge in [-0.1, -0.05) is 13.0 Å². The molecule has 0 spiro atoms. The number of anilines is 2. The van der Waals surface area contributed by atoms with E-state index in [1.807, 2.05) is 13.8 Å². The van der Waals surface area contributed by atoms with Crippen LogP contribution in [0.5, 0.6) is 11.9 Å². The predicted molar refractivity (Wildman–Crippen MR) is 183 cm³/mol. The van der Waals surface area contributed by atoms with E-state index < -0.39 is 5.82 Å². The van der Waals surface area contributed by atoms with Crippen LogP contribution in [-0.4, -0.2) is 76.9 Å². The minimum absolute atomic E-state index is 0.00756. The van der Waals surface area contributed by atoms with Gasteiger partial charge in [0.25, 0.3) is 0 Å². The van der Waals surface area contributed by atoms with Gasteiger partial charge in [-0.2, -0.15) is 9.97 Å². The van der Waals surface area contributed by atoms with Gasteiger partial charge in [-0.25, -0.2) is 18.2 Å². The number of ether oxygens (including phenoxy) is 2. The van der Waals surface area contributed by atoms with Crippen molar-refractivity contribution < 1.29 is 22.6 Å². The number of nitrogens with one attached hydrogen (secondary N) is 1. The fourth-order valence-corrected chi connectivity index (χ4v) is 8.79. The molecule has 3 N–H and O–H groups in total. The highest BCUT2D eigenvalue weighted by atomic mass is 19.1. The molecule has 0 radical (unpaired) electrons. The number of nitrogens with two attached hydrogens (primary N) is 1. The maximum Gasteiger partial charge on any atom is 0.319 e. The lowest BCUT2D eigenvalue weighted by Gasteiger charge is -2.42. The van der Waals surface area contributed by atoms with Crippen LogP contribution in [0.15, 0.2) is 36.2 Å². The third kappa shape index (κ3) is 5.09. The molecular formula is C37H40F3N7O2. The second kappa shape index (κ2) is 11.4. The van der Waals surface area contributed by atoms with Gasteiger partial charge >= 0.3 is 6.01 Å². The number of aromatic nitrogens is 3. The first kappa shape index (κ1) is 30.9. The minimum atomic E-state index is -0.665. The van der Waals surface area contributed by atoms with Gasteiger partial charge < -0.3 is 25.4 Å². The van der Waals surface area contributed by atoms with Crippen LogP contribution in [0.2, 0.25) is 0 Å². The zero-order valence-corrected chi connectivity index (χ0v) is 27.7. The maximum atomic E-state index is 17.2. The summed E-state index contributed by atoms with van der Waals surface area (Å²) in [6.45, 7) is 7.20. The summed E-state index contributed by atoms with van der Waals surface area (Å²) in [7, 11) is 0. The van der Waals surface area contributed by atoms with E-state index in [0.717, 1.165) is 57.1 Å². The number of hydrogen-bond donors (Lipinski definition) is 2. The second-order valence-electron chi connectivity index (χ2n) is 14.7. The number of piperazine rings is 1. The average Bonchev–Trinajstić information content (AvgIpc) is 3.57. The van der Waals surface area contributed by atoms with Crippen molar-refractivity contribution in [3.05, 3.63) is 53.4 Å². The first-order valence-corrected chi connectivity index (χ1v) is 17.5. The van der Waals surface area contributed by atoms with Crippen LogP contribution in [0.1, 0.15) is 51.5 Å². The molecule has 5 aliphatic rings. The molecule has 2 bridgehead atoms. The fourth-order valence-electron chi connectivity index (χ4n) is 8.79. The molecule has 12 heteroatoms. The van der Waals surface area contributed by atoms with Crippen molar-refractivity contribution in [3.8, 4) is 23.1 Å². The van der Waals surface area contributed by atoms with Gasteiger partial charge in [0.15, 0.2) is 5.82 Å². The van der Waals surface area contributed by atoms with Crippen molar-refractivity contribution in [2.24, 2.45) is 5.41 Å². The number of aryl methyl sites for hydroxylation is 1. The normalized spacial score (nSPS) is 26.3. The van der Waals surface area contributed by atoms with Crippen LogP contribution in [0.4, 0.5) is 24.7 Å². The summed E-state index contributed by atoms with van der Waals surface area (Å²) in [5, 5.41) is 5.40. The smallest absolute Gasteiger partial charge is 0.319 e. The molecule has 4 aliphatic heterocycles. The molecule has 9 rings (SSSR count). The zero-order valence-electron chi connectivity index (χ0n) is 27.7. The number of halogens is 3. The number of fused-ring (bicyclic) bond motifs is 6. The minimum Gasteiger partial charge on any atom is -0.472 e. The Hall–Kier alpha value is -4.16. The molecule has 49 heavy (non-hydrogen) atoms. The Bertz CT molecular complexity index is 2040. The SMILES string of the molecule is CCc1c(F)ccc2cc(N)cc(-c3nc4c5c(nc(OCC6(CN7CC/C(=C/F)C7)CC6)nc5c3F)N3C[C@H]5CC[C@H](N5)[C@H]3[C@H](C)O4)c12. The van der Waals surface area contributed by atoms with Gasteiger partial charge in [0, 0.05) is 54.9 Å². The van der Waals surface area contributed by atoms with E-state index in [1.165, 1.54) is 6.07 Å². The van der Waals surface area contributed by atoms with E-state index in [2.05, 4.69) is 15.1 Å². The maximum absolute atomic E-state index is 17.2. The number of pyridine rings is 1. The predicted octanol–water partition coefficient (Wildman–Crippen LogP) is 6.08. The van der Waals surface area contributed by atoms with Crippen molar-refractivity contribution in [2.75, 3.05) is 43.4 Å². The standard InChI is InChI=1S/C37H40F3N7O2/c1-3-24-26(39)6-4-21-12-22(41)13-25(28(21)24)31-30(40)32-29-34(47-16-23-5-7-27(42-23)33(47)19(2)49-35(29)43-31)45-36(44-32)48-18-37(9-10-37)17-46-11-8-20(14-38)15-46/h4,6,12-14,19,23,27,33,42H,3,5,7-11,15-18,41H2,1-2H3/b20-14-/t19-,23+,27-,33+/m0/s1. The molecule has 256 valence electrons. The molecule has 9 nitrogen and oxygen atoms in total. The van der Waals surface area contributed by atoms with Crippen LogP contribution in [0.3, 0.4) is 0 Å². The lowest BCUT2D eigenvalue weighted by Crippen LogP contribution is -2.62. The van der Waals surface area contributed by atoms with Gasteiger partial charge in [0.2, 0.25) is 5.88 Å². The fraction of sp³-hybridized carbons (Fsp3) is 0.486. The third-order valence-electron chi connectivity index (χ3n) is 11.4. The van der Waals surface area contributed by atoms with Gasteiger partial charge in [-0.15, -0.1) is 0 Å². The third-order valence-corrected chi connectivity index (χ3v) is 11.4. The molecule has 0 unspecified atom stereocenters. The monoisotopic (exact) mass is 671 g/mol. The summed E-state index contributed by atoms with van der Waals surface area (Å²) in [6, 6.07) is 6.97. The summed E-state index contributed by atoms with van der Waals surface area (Å²) < 4.78 is 58.6. The number of benzene rings is 2. The molecule has 6 heterocycles. The molecule has 1 aliphatic carbocycles. The highest BCUT2D eigenvalue weighted by Crippen LogP contribution is 2.48. The van der Waals surface area contributed by atoms with Crippen LogP contribution >= 0.6 is 0 Å². The summed E-state index contributed by atoms with van der Waals surface area (Å²) in [5.74, 6) is -0.243. The first-order chi connectivity index (χ1) is 23.7. The Labute approximate surface area is 282 Å². The van der Waals surface area contributed by atoms with Gasteiger partial charge in [0.05, 0.1) is 19.0 Å². The van der Waals surface area contributed by atoms with Crippen LogP contribution in [0, 0.1) is 17.0 Å². The Kier molecular flexibility index (Phi) is 7.21. The lowest BCUT2D eigenvalue weighted by atomic mass is 9.94. The van der Waals surface area contributed by atoms with Crippen LogP contribution < -0.4 is 25.4 Å². The summed E-state index contributed by atoms with van der Waals surface area (Å²) >= 11 is 0. The lowest BCUT2D eigenvalue weighted by molar-refractivity contribution is 0.154. The van der Waals surface area contributed by atoms with Crippen molar-refractivity contribution in [1.29, 1.82) is 0 Å². The largest absolute Gasteiger partial charge is 0.472 e. The Morgan fingerprint density at radius 1 is 1.14 bits per heavy atom. The van der Waals surface area contributed by atoms with E-state index in [1.54, 1.807) is 18.2 Å². The highest BCUT2D eigenvalue weighted by Gasteiger charge is 2.48. The number of nitrogens with zero attached hydrogens (tertiary/aromatic N) is 5. The van der Waals surface area contributed by atoms with Gasteiger partial charge in [0.1, 0.15) is 34.3 Å². The molecule has 0 amide bonds. The Morgan fingerprint density at radius 2 is 2.00 bits per heavy atom. The molecule has 4 fully saturated rings. The van der Waals surface area contributed by atoms with Gasteiger partial charge in [-0.3, -0.25) is 4.90 Å². The number of nitrogen functional groups attached to an aromatic ring is 1. The number of hydrogen-bond acceptors (Lipinski definition) is 9. The Morgan fingerprint density at radius 3 is 2.78 bits per heavy atom. The first-order valence-electron chi connectivity index (χ1n) is 17.5. The van der Waals surface area contributed by atoms with Gasteiger partial charge in [-0.05, 0) is 85.6 Å². The quantitative estimate of drug-likeness (QED) is 0.227. The molecule has 2 aromatic heterocycles. The van der Waals surface area contributed by atoms with E-state index >= 15 is 8.78 Å². The summed E-state index contributed by atoms with van der Waals surface area (Å²) in [5.41, 5.74) is 8.37. The van der Waals surface area contributed by atoms with E-state index in [0.29, 0.717) is 64.9 Å². The van der Waals surface area contributed by atoms with E-state index in [9.17, 15) is 4.39 Å². The molecule has 3 saturated heterocycles. The van der Waals surface area contributed by atoms with Crippen molar-refractivity contribution in [1.82, 2.24) is 25.2 Å². The average molecular weight is 672 g/mol. The molecule has 2 aromatic carbocycles. The zero-order chi connectivity index (χ0) is 33.6. The van der Waals surface area contributed by atoms with Crippen molar-refractivity contribution in [3.63, 3.8) is 0 Å². The topological polar surface area (TPSA) is 102 Å². The number of rotatable bonds is 7. The summed E-state index contributed by atoms with van der Waals surface area (Å²) in [4.78, 5) is 19.0. The molecular weight excluding hydrogens is 631 g/mol. The van der Waals surface area contributed by atoms with E-state index in [-0.39, 0.29) is 58.6 Å². The van der Waals surface area contributed by atoms with Crippen LogP contribution in [-0.2, 0) is 6.42 Å². The van der Waals surface area contributed by atoms with Crippen LogP contribution in [0.25, 0.3) is 32.9 Å².